The summed E-state index contributed by atoms with van der Waals surface area (Å²) in [5.74, 6) is 0. The number of hydrogen-bond donors (Lipinski definition) is 0. The largest absolute Gasteiger partial charge is 0.444 e. The van der Waals surface area contributed by atoms with Crippen molar-refractivity contribution in [1.82, 2.24) is 4.90 Å². The number of hydrogen-bond acceptors (Lipinski definition) is 2. The lowest BCUT2D eigenvalue weighted by Crippen LogP contribution is -2.27. The molecule has 1 saturated heterocycles. The first-order valence-corrected chi connectivity index (χ1v) is 3.90. The highest BCUT2D eigenvalue weighted by Crippen LogP contribution is 2.20. The van der Waals surface area contributed by atoms with Gasteiger partial charge in [0.25, 0.3) is 0 Å². The summed E-state index contributed by atoms with van der Waals surface area (Å²) in [6.45, 7) is 8.47. The molecule has 0 saturated carbocycles. The van der Waals surface area contributed by atoms with Gasteiger partial charge in [0.1, 0.15) is 5.60 Å². The number of carbonyl (C=O) groups is 1. The monoisotopic (exact) mass is 157 g/mol. The fourth-order valence-electron chi connectivity index (χ4n) is 0.813. The Balaban J connectivity index is 2.33. The van der Waals surface area contributed by atoms with E-state index in [0.29, 0.717) is 6.04 Å². The first kappa shape index (κ1) is 8.37. The minimum absolute atomic E-state index is 0.190. The van der Waals surface area contributed by atoms with E-state index in [1.807, 2.05) is 27.7 Å². The van der Waals surface area contributed by atoms with Crippen molar-refractivity contribution in [3.8, 4) is 0 Å². The first-order valence-electron chi connectivity index (χ1n) is 3.90. The van der Waals surface area contributed by atoms with Crippen LogP contribution < -0.4 is 0 Å². The number of nitrogens with zero attached hydrogens (tertiary/aromatic N) is 1. The minimum atomic E-state index is -0.362. The molecular formula is C8H15NO2. The van der Waals surface area contributed by atoms with E-state index in [2.05, 4.69) is 0 Å². The molecular weight excluding hydrogens is 142 g/mol. The van der Waals surface area contributed by atoms with Crippen molar-refractivity contribution in [3.63, 3.8) is 0 Å². The summed E-state index contributed by atoms with van der Waals surface area (Å²) in [6.07, 6.45) is -0.190. The Morgan fingerprint density at radius 2 is 2.00 bits per heavy atom. The highest BCUT2D eigenvalue weighted by Gasteiger charge is 2.37. The van der Waals surface area contributed by atoms with Gasteiger partial charge in [-0.25, -0.2) is 4.79 Å². The lowest BCUT2D eigenvalue weighted by atomic mass is 10.2. The fourth-order valence-corrected chi connectivity index (χ4v) is 0.813. The Morgan fingerprint density at radius 3 is 2.27 bits per heavy atom. The summed E-state index contributed by atoms with van der Waals surface area (Å²) in [5, 5.41) is 0. The van der Waals surface area contributed by atoms with E-state index < -0.39 is 0 Å². The molecule has 1 aliphatic rings. The van der Waals surface area contributed by atoms with Crippen molar-refractivity contribution in [2.24, 2.45) is 0 Å². The Bertz CT molecular complexity index is 171. The standard InChI is InChI=1S/C8H15NO2/c1-6-5-9(6)7(10)11-8(2,3)4/h6H,5H2,1-4H3/t6-,9?/m0/s1. The summed E-state index contributed by atoms with van der Waals surface area (Å²) in [7, 11) is 0. The molecule has 0 aromatic rings. The van der Waals surface area contributed by atoms with Crippen LogP contribution in [0.5, 0.6) is 0 Å². The molecule has 1 atom stereocenters. The second kappa shape index (κ2) is 2.40. The molecule has 3 heteroatoms. The second-order valence-electron chi connectivity index (χ2n) is 3.98. The zero-order valence-electron chi connectivity index (χ0n) is 7.55. The SMILES string of the molecule is C[C@H]1CN1C(=O)OC(C)(C)C. The average Bonchev–Trinajstić information content (AvgIpc) is 2.41. The summed E-state index contributed by atoms with van der Waals surface area (Å²) in [5.41, 5.74) is -0.362. The zero-order chi connectivity index (χ0) is 8.65. The van der Waals surface area contributed by atoms with Crippen LogP contribution in [0.3, 0.4) is 0 Å². The molecule has 11 heavy (non-hydrogen) atoms. The van der Waals surface area contributed by atoms with Crippen molar-refractivity contribution in [1.29, 1.82) is 0 Å². The van der Waals surface area contributed by atoms with Crippen LogP contribution in [-0.4, -0.2) is 29.2 Å². The molecule has 0 bridgehead atoms. The Labute approximate surface area is 67.3 Å². The lowest BCUT2D eigenvalue weighted by Gasteiger charge is -2.19. The van der Waals surface area contributed by atoms with Gasteiger partial charge in [-0.1, -0.05) is 0 Å². The van der Waals surface area contributed by atoms with Gasteiger partial charge in [-0.2, -0.15) is 0 Å². The van der Waals surface area contributed by atoms with Crippen LogP contribution in [0.1, 0.15) is 27.7 Å². The van der Waals surface area contributed by atoms with E-state index in [1.165, 1.54) is 0 Å². The maximum atomic E-state index is 11.1. The minimum Gasteiger partial charge on any atom is -0.444 e. The third-order valence-corrected chi connectivity index (χ3v) is 1.49. The number of carbonyl (C=O) groups excluding carboxylic acids is 1. The maximum absolute atomic E-state index is 11.1. The molecule has 1 amide bonds. The van der Waals surface area contributed by atoms with Gasteiger partial charge in [-0.05, 0) is 27.7 Å². The van der Waals surface area contributed by atoms with Gasteiger partial charge in [-0.3, -0.25) is 0 Å². The molecule has 0 radical (unpaired) electrons. The van der Waals surface area contributed by atoms with Crippen molar-refractivity contribution >= 4 is 6.09 Å². The molecule has 0 aliphatic carbocycles. The van der Waals surface area contributed by atoms with Crippen molar-refractivity contribution < 1.29 is 9.53 Å². The quantitative estimate of drug-likeness (QED) is 0.500. The fraction of sp³-hybridized carbons (Fsp3) is 0.875. The number of ether oxygens (including phenoxy) is 1. The van der Waals surface area contributed by atoms with Gasteiger partial charge < -0.3 is 9.64 Å². The van der Waals surface area contributed by atoms with Gasteiger partial charge in [0.15, 0.2) is 0 Å². The van der Waals surface area contributed by atoms with Crippen LogP contribution in [0.15, 0.2) is 0 Å². The van der Waals surface area contributed by atoms with Crippen LogP contribution in [0.25, 0.3) is 0 Å². The Hall–Kier alpha value is -0.730. The van der Waals surface area contributed by atoms with Crippen LogP contribution in [0, 0.1) is 0 Å². The van der Waals surface area contributed by atoms with E-state index in [0.717, 1.165) is 6.54 Å². The van der Waals surface area contributed by atoms with E-state index >= 15 is 0 Å². The first-order chi connectivity index (χ1) is 4.90. The molecule has 1 rings (SSSR count). The Morgan fingerprint density at radius 1 is 1.55 bits per heavy atom. The van der Waals surface area contributed by atoms with Crippen LogP contribution in [0.2, 0.25) is 0 Å². The van der Waals surface area contributed by atoms with Crippen LogP contribution in [0.4, 0.5) is 4.79 Å². The van der Waals surface area contributed by atoms with Gasteiger partial charge >= 0.3 is 6.09 Å². The molecule has 1 aliphatic heterocycles. The van der Waals surface area contributed by atoms with Crippen LogP contribution in [-0.2, 0) is 4.74 Å². The molecule has 3 nitrogen and oxygen atoms in total. The summed E-state index contributed by atoms with van der Waals surface area (Å²) >= 11 is 0. The predicted octanol–water partition coefficient (Wildman–Crippen LogP) is 1.63. The molecule has 64 valence electrons. The van der Waals surface area contributed by atoms with Gasteiger partial charge in [-0.15, -0.1) is 0 Å². The van der Waals surface area contributed by atoms with E-state index in [-0.39, 0.29) is 11.7 Å². The number of amides is 1. The topological polar surface area (TPSA) is 29.3 Å². The molecule has 0 aromatic heterocycles. The summed E-state index contributed by atoms with van der Waals surface area (Å²) in [4.78, 5) is 12.8. The molecule has 1 fully saturated rings. The normalized spacial score (nSPS) is 23.3. The third-order valence-electron chi connectivity index (χ3n) is 1.49. The Kier molecular flexibility index (Phi) is 1.82. The van der Waals surface area contributed by atoms with Gasteiger partial charge in [0, 0.05) is 6.54 Å². The van der Waals surface area contributed by atoms with Gasteiger partial charge in [0.05, 0.1) is 6.04 Å². The zero-order valence-corrected chi connectivity index (χ0v) is 7.55. The van der Waals surface area contributed by atoms with E-state index in [9.17, 15) is 4.79 Å². The number of rotatable bonds is 0. The molecule has 0 spiro atoms. The van der Waals surface area contributed by atoms with E-state index in [1.54, 1.807) is 4.90 Å². The molecule has 0 aromatic carbocycles. The molecule has 1 heterocycles. The summed E-state index contributed by atoms with van der Waals surface area (Å²) < 4.78 is 5.12. The van der Waals surface area contributed by atoms with Crippen molar-refractivity contribution in [3.05, 3.63) is 0 Å². The van der Waals surface area contributed by atoms with Gasteiger partial charge in [0.2, 0.25) is 0 Å². The average molecular weight is 157 g/mol. The molecule has 0 N–H and O–H groups in total. The highest BCUT2D eigenvalue weighted by atomic mass is 16.6. The van der Waals surface area contributed by atoms with Crippen molar-refractivity contribution in [2.45, 2.75) is 39.3 Å². The second-order valence-corrected chi connectivity index (χ2v) is 3.98. The lowest BCUT2D eigenvalue weighted by molar-refractivity contribution is 0.0410. The highest BCUT2D eigenvalue weighted by molar-refractivity contribution is 5.71. The molecule has 0 unspecified atom stereocenters. The van der Waals surface area contributed by atoms with E-state index in [4.69, 9.17) is 4.74 Å². The third kappa shape index (κ3) is 2.41. The maximum Gasteiger partial charge on any atom is 0.410 e. The van der Waals surface area contributed by atoms with Crippen LogP contribution >= 0.6 is 0 Å². The van der Waals surface area contributed by atoms with Crippen molar-refractivity contribution in [2.75, 3.05) is 6.54 Å². The predicted molar refractivity (Wildman–Crippen MR) is 42.4 cm³/mol. The summed E-state index contributed by atoms with van der Waals surface area (Å²) in [6, 6.07) is 0.379. The smallest absolute Gasteiger partial charge is 0.410 e.